The van der Waals surface area contributed by atoms with E-state index >= 15 is 0 Å². The Bertz CT molecular complexity index is 482. The van der Waals surface area contributed by atoms with E-state index in [4.69, 9.17) is 11.6 Å². The molecular weight excluding hydrogens is 261 g/mol. The molecule has 5 heteroatoms. The van der Waals surface area contributed by atoms with E-state index in [-0.39, 0.29) is 17.5 Å². The summed E-state index contributed by atoms with van der Waals surface area (Å²) >= 11 is 7.71. The maximum absolute atomic E-state index is 13.6. The van der Waals surface area contributed by atoms with Crippen molar-refractivity contribution in [3.8, 4) is 0 Å². The van der Waals surface area contributed by atoms with Crippen molar-refractivity contribution in [1.29, 1.82) is 0 Å². The molecule has 3 rings (SSSR count). The first-order chi connectivity index (χ1) is 8.15. The number of thioether (sulfide) groups is 1. The van der Waals surface area contributed by atoms with Crippen LogP contribution in [-0.2, 0) is 0 Å². The van der Waals surface area contributed by atoms with Crippen LogP contribution in [0.4, 0.5) is 4.39 Å². The first-order valence-electron chi connectivity index (χ1n) is 5.53. The van der Waals surface area contributed by atoms with Crippen molar-refractivity contribution >= 4 is 29.3 Å². The van der Waals surface area contributed by atoms with E-state index in [9.17, 15) is 9.18 Å². The Balaban J connectivity index is 1.89. The van der Waals surface area contributed by atoms with Gasteiger partial charge < -0.3 is 4.90 Å². The highest BCUT2D eigenvalue weighted by Gasteiger charge is 2.41. The predicted octanol–water partition coefficient (Wildman–Crippen LogP) is 2.81. The van der Waals surface area contributed by atoms with Crippen LogP contribution in [0.1, 0.15) is 16.8 Å². The number of hydrogen-bond donors (Lipinski definition) is 0. The molecule has 2 fully saturated rings. The Hall–Kier alpha value is -0.740. The molecule has 90 valence electrons. The van der Waals surface area contributed by atoms with Crippen molar-refractivity contribution in [2.45, 2.75) is 17.7 Å². The minimum Gasteiger partial charge on any atom is -0.334 e. The second-order valence-corrected chi connectivity index (χ2v) is 6.20. The van der Waals surface area contributed by atoms with Gasteiger partial charge in [0.2, 0.25) is 0 Å². The van der Waals surface area contributed by atoms with Crippen molar-refractivity contribution in [2.24, 2.45) is 0 Å². The van der Waals surface area contributed by atoms with Gasteiger partial charge in [0.1, 0.15) is 5.82 Å². The number of benzene rings is 1. The molecule has 2 atom stereocenters. The minimum atomic E-state index is -0.491. The summed E-state index contributed by atoms with van der Waals surface area (Å²) in [7, 11) is 0. The maximum atomic E-state index is 13.6. The summed E-state index contributed by atoms with van der Waals surface area (Å²) in [6, 6.07) is 4.40. The molecule has 2 nitrogen and oxygen atoms in total. The van der Waals surface area contributed by atoms with Crippen molar-refractivity contribution in [3.63, 3.8) is 0 Å². The van der Waals surface area contributed by atoms with Crippen LogP contribution >= 0.6 is 23.4 Å². The van der Waals surface area contributed by atoms with Crippen LogP contribution in [0.15, 0.2) is 18.2 Å². The lowest BCUT2D eigenvalue weighted by Gasteiger charge is -2.26. The largest absolute Gasteiger partial charge is 0.334 e. The molecular formula is C12H11ClFNOS. The van der Waals surface area contributed by atoms with Gasteiger partial charge in [-0.25, -0.2) is 4.39 Å². The van der Waals surface area contributed by atoms with Gasteiger partial charge >= 0.3 is 0 Å². The Kier molecular flexibility index (Phi) is 2.79. The molecule has 0 aromatic heterocycles. The minimum absolute atomic E-state index is 0.0926. The highest BCUT2D eigenvalue weighted by molar-refractivity contribution is 8.00. The molecule has 0 N–H and O–H groups in total. The second-order valence-electron chi connectivity index (χ2n) is 4.43. The third-order valence-electron chi connectivity index (χ3n) is 3.32. The number of likely N-dealkylation sites (tertiary alicyclic amines) is 1. The lowest BCUT2D eigenvalue weighted by atomic mass is 10.1. The van der Waals surface area contributed by atoms with Crippen LogP contribution in [-0.4, -0.2) is 34.4 Å². The fourth-order valence-electron chi connectivity index (χ4n) is 2.46. The average molecular weight is 272 g/mol. The lowest BCUT2D eigenvalue weighted by molar-refractivity contribution is 0.0743. The Morgan fingerprint density at radius 2 is 2.35 bits per heavy atom. The summed E-state index contributed by atoms with van der Waals surface area (Å²) in [5.74, 6) is 0.256. The van der Waals surface area contributed by atoms with Crippen LogP contribution in [0, 0.1) is 5.82 Å². The van der Waals surface area contributed by atoms with Gasteiger partial charge in [-0.15, -0.1) is 0 Å². The first-order valence-corrected chi connectivity index (χ1v) is 6.95. The standard InChI is InChI=1S/C12H11ClFNOS/c13-7-1-2-11(14)10(3-7)12(16)15-5-9-4-8(15)6-17-9/h1-3,8-9H,4-6H2/t8-,9+/m0/s1. The summed E-state index contributed by atoms with van der Waals surface area (Å²) in [6.07, 6.45) is 1.04. The zero-order valence-electron chi connectivity index (χ0n) is 9.03. The number of hydrogen-bond acceptors (Lipinski definition) is 2. The van der Waals surface area contributed by atoms with E-state index in [0.29, 0.717) is 10.3 Å². The third kappa shape index (κ3) is 1.93. The van der Waals surface area contributed by atoms with E-state index in [1.54, 1.807) is 4.90 Å². The second kappa shape index (κ2) is 4.18. The highest BCUT2D eigenvalue weighted by atomic mass is 35.5. The molecule has 2 aliphatic heterocycles. The molecule has 2 aliphatic rings. The van der Waals surface area contributed by atoms with Crippen LogP contribution < -0.4 is 0 Å². The van der Waals surface area contributed by atoms with Crippen LogP contribution in [0.2, 0.25) is 5.02 Å². The number of carbonyl (C=O) groups excluding carboxylic acids is 1. The van der Waals surface area contributed by atoms with Gasteiger partial charge in [-0.3, -0.25) is 4.79 Å². The Morgan fingerprint density at radius 1 is 1.53 bits per heavy atom. The van der Waals surface area contributed by atoms with Gasteiger partial charge in [0.25, 0.3) is 5.91 Å². The molecule has 0 saturated carbocycles. The van der Waals surface area contributed by atoms with E-state index in [1.807, 2.05) is 11.8 Å². The average Bonchev–Trinajstić information content (AvgIpc) is 2.93. The maximum Gasteiger partial charge on any atom is 0.257 e. The van der Waals surface area contributed by atoms with Gasteiger partial charge in [0.15, 0.2) is 0 Å². The number of nitrogens with zero attached hydrogens (tertiary/aromatic N) is 1. The number of carbonyl (C=O) groups is 1. The molecule has 1 aromatic rings. The molecule has 2 heterocycles. The van der Waals surface area contributed by atoms with Gasteiger partial charge in [-0.05, 0) is 24.6 Å². The molecule has 2 saturated heterocycles. The van der Waals surface area contributed by atoms with E-state index in [2.05, 4.69) is 0 Å². The smallest absolute Gasteiger partial charge is 0.257 e. The molecule has 0 unspecified atom stereocenters. The fraction of sp³-hybridized carbons (Fsp3) is 0.417. The zero-order valence-corrected chi connectivity index (χ0v) is 10.6. The normalized spacial score (nSPS) is 26.6. The Labute approximate surface area is 108 Å². The molecule has 2 bridgehead atoms. The lowest BCUT2D eigenvalue weighted by Crippen LogP contribution is -2.39. The predicted molar refractivity (Wildman–Crippen MR) is 67.1 cm³/mol. The van der Waals surface area contributed by atoms with Crippen molar-refractivity contribution in [1.82, 2.24) is 4.90 Å². The van der Waals surface area contributed by atoms with E-state index < -0.39 is 5.82 Å². The topological polar surface area (TPSA) is 20.3 Å². The third-order valence-corrected chi connectivity index (χ3v) is 4.95. The molecule has 17 heavy (non-hydrogen) atoms. The number of amides is 1. The number of fused-ring (bicyclic) bond motifs is 2. The summed E-state index contributed by atoms with van der Waals surface area (Å²) < 4.78 is 13.6. The first kappa shape index (κ1) is 11.4. The molecule has 0 spiro atoms. The number of rotatable bonds is 1. The van der Waals surface area contributed by atoms with Crippen LogP contribution in [0.3, 0.4) is 0 Å². The van der Waals surface area contributed by atoms with Gasteiger partial charge in [0, 0.05) is 28.6 Å². The summed E-state index contributed by atoms with van der Waals surface area (Å²) in [5.41, 5.74) is 0.0926. The number of halogens is 2. The van der Waals surface area contributed by atoms with Crippen LogP contribution in [0.5, 0.6) is 0 Å². The van der Waals surface area contributed by atoms with Crippen molar-refractivity contribution in [3.05, 3.63) is 34.6 Å². The van der Waals surface area contributed by atoms with E-state index in [1.165, 1.54) is 18.2 Å². The van der Waals surface area contributed by atoms with Crippen LogP contribution in [0.25, 0.3) is 0 Å². The monoisotopic (exact) mass is 271 g/mol. The molecule has 0 radical (unpaired) electrons. The molecule has 1 aromatic carbocycles. The van der Waals surface area contributed by atoms with Crippen molar-refractivity contribution < 1.29 is 9.18 Å². The van der Waals surface area contributed by atoms with Gasteiger partial charge in [0.05, 0.1) is 5.56 Å². The quantitative estimate of drug-likeness (QED) is 0.783. The molecule has 1 amide bonds. The van der Waals surface area contributed by atoms with Gasteiger partial charge in [-0.1, -0.05) is 11.6 Å². The van der Waals surface area contributed by atoms with Gasteiger partial charge in [-0.2, -0.15) is 11.8 Å². The van der Waals surface area contributed by atoms with E-state index in [0.717, 1.165) is 18.7 Å². The Morgan fingerprint density at radius 3 is 3.00 bits per heavy atom. The summed E-state index contributed by atoms with van der Waals surface area (Å²) in [5, 5.41) is 0.930. The SMILES string of the molecule is O=C(c1cc(Cl)ccc1F)N1C[C@H]2C[C@H]1CS2. The summed E-state index contributed by atoms with van der Waals surface area (Å²) in [6.45, 7) is 0.736. The zero-order chi connectivity index (χ0) is 12.0. The fourth-order valence-corrected chi connectivity index (χ4v) is 4.07. The highest BCUT2D eigenvalue weighted by Crippen LogP contribution is 2.38. The van der Waals surface area contributed by atoms with Crippen molar-refractivity contribution in [2.75, 3.05) is 12.3 Å². The summed E-state index contributed by atoms with van der Waals surface area (Å²) in [4.78, 5) is 14.0. The molecule has 0 aliphatic carbocycles.